The van der Waals surface area contributed by atoms with Gasteiger partial charge in [0.1, 0.15) is 11.6 Å². The van der Waals surface area contributed by atoms with Crippen LogP contribution in [0.4, 0.5) is 10.1 Å². The van der Waals surface area contributed by atoms with Crippen LogP contribution in [0.2, 0.25) is 0 Å². The summed E-state index contributed by atoms with van der Waals surface area (Å²) in [5.74, 6) is 0.941. The number of benzene rings is 2. The number of rotatable bonds is 4. The van der Waals surface area contributed by atoms with E-state index in [1.807, 2.05) is 19.1 Å². The molecule has 0 bridgehead atoms. The molecule has 4 rings (SSSR count). The van der Waals surface area contributed by atoms with E-state index < -0.39 is 0 Å². The van der Waals surface area contributed by atoms with Gasteiger partial charge >= 0.3 is 0 Å². The first-order valence-corrected chi connectivity index (χ1v) is 9.39. The molecule has 1 atom stereocenters. The van der Waals surface area contributed by atoms with Gasteiger partial charge in [-0.15, -0.1) is 0 Å². The van der Waals surface area contributed by atoms with Crippen LogP contribution in [0.25, 0.3) is 11.4 Å². The number of halogens is 1. The molecular formula is C21H23FN4O2. The summed E-state index contributed by atoms with van der Waals surface area (Å²) in [5.41, 5.74) is 2.31. The van der Waals surface area contributed by atoms with E-state index in [4.69, 9.17) is 4.52 Å². The van der Waals surface area contributed by atoms with Crippen LogP contribution in [0.3, 0.4) is 0 Å². The summed E-state index contributed by atoms with van der Waals surface area (Å²) in [6.45, 7) is 7.24. The highest BCUT2D eigenvalue weighted by Gasteiger charge is 2.26. The van der Waals surface area contributed by atoms with Crippen LogP contribution in [0.5, 0.6) is 5.75 Å². The second-order valence-electron chi connectivity index (χ2n) is 7.14. The van der Waals surface area contributed by atoms with Crippen LogP contribution in [-0.4, -0.2) is 46.3 Å². The van der Waals surface area contributed by atoms with Gasteiger partial charge in [-0.05, 0) is 49.7 Å². The third-order valence-electron chi connectivity index (χ3n) is 5.31. The summed E-state index contributed by atoms with van der Waals surface area (Å²) in [4.78, 5) is 9.07. The van der Waals surface area contributed by atoms with Crippen molar-refractivity contribution in [3.63, 3.8) is 0 Å². The third-order valence-corrected chi connectivity index (χ3v) is 5.31. The molecule has 1 aromatic heterocycles. The lowest BCUT2D eigenvalue weighted by atomic mass is 10.1. The number of phenolic OH excluding ortho intramolecular Hbond substituents is 1. The number of hydrogen-bond acceptors (Lipinski definition) is 6. The first kappa shape index (κ1) is 18.4. The van der Waals surface area contributed by atoms with Crippen molar-refractivity contribution >= 4 is 5.69 Å². The molecule has 0 unspecified atom stereocenters. The summed E-state index contributed by atoms with van der Waals surface area (Å²) in [7, 11) is 0. The topological polar surface area (TPSA) is 65.6 Å². The van der Waals surface area contributed by atoms with Crippen LogP contribution in [0, 0.1) is 12.7 Å². The minimum Gasteiger partial charge on any atom is -0.508 e. The van der Waals surface area contributed by atoms with Crippen molar-refractivity contribution in [1.29, 1.82) is 0 Å². The van der Waals surface area contributed by atoms with Crippen LogP contribution >= 0.6 is 0 Å². The first-order chi connectivity index (χ1) is 13.5. The van der Waals surface area contributed by atoms with Gasteiger partial charge < -0.3 is 14.5 Å². The van der Waals surface area contributed by atoms with Crippen LogP contribution < -0.4 is 4.90 Å². The van der Waals surface area contributed by atoms with Crippen molar-refractivity contribution < 1.29 is 14.0 Å². The fourth-order valence-electron chi connectivity index (χ4n) is 3.44. The van der Waals surface area contributed by atoms with Crippen LogP contribution in [-0.2, 0) is 0 Å². The molecule has 0 aliphatic carbocycles. The normalized spacial score (nSPS) is 16.3. The molecule has 2 aromatic carbocycles. The van der Waals surface area contributed by atoms with Gasteiger partial charge in [-0.3, -0.25) is 4.90 Å². The van der Waals surface area contributed by atoms with Crippen molar-refractivity contribution in [3.05, 3.63) is 59.7 Å². The number of aromatic nitrogens is 2. The van der Waals surface area contributed by atoms with Gasteiger partial charge in [-0.25, -0.2) is 4.39 Å². The highest BCUT2D eigenvalue weighted by Crippen LogP contribution is 2.26. The van der Waals surface area contributed by atoms with Gasteiger partial charge in [-0.2, -0.15) is 4.98 Å². The molecule has 7 heteroatoms. The van der Waals surface area contributed by atoms with Crippen molar-refractivity contribution in [3.8, 4) is 17.1 Å². The third kappa shape index (κ3) is 3.71. The highest BCUT2D eigenvalue weighted by molar-refractivity contribution is 5.55. The molecule has 1 N–H and O–H groups in total. The van der Waals surface area contributed by atoms with E-state index in [9.17, 15) is 9.50 Å². The Hall–Kier alpha value is -2.93. The molecule has 1 fully saturated rings. The Kier molecular flexibility index (Phi) is 5.00. The van der Waals surface area contributed by atoms with Gasteiger partial charge in [0.05, 0.1) is 6.04 Å². The maximum atomic E-state index is 13.8. The zero-order valence-corrected chi connectivity index (χ0v) is 16.0. The average molecular weight is 382 g/mol. The molecule has 0 radical (unpaired) electrons. The van der Waals surface area contributed by atoms with E-state index in [-0.39, 0.29) is 17.6 Å². The Morgan fingerprint density at radius 1 is 1.07 bits per heavy atom. The SMILES string of the molecule is Cc1ccc(-c2noc([C@@H](C)N3CCN(c4ccc(O)cc4)CC3)n2)cc1F. The van der Waals surface area contributed by atoms with Gasteiger partial charge in [0, 0.05) is 37.4 Å². The average Bonchev–Trinajstić information content (AvgIpc) is 3.20. The molecule has 146 valence electrons. The Balaban J connectivity index is 1.41. The smallest absolute Gasteiger partial charge is 0.244 e. The van der Waals surface area contributed by atoms with Crippen LogP contribution in [0.15, 0.2) is 47.0 Å². The van der Waals surface area contributed by atoms with E-state index in [2.05, 4.69) is 19.9 Å². The quantitative estimate of drug-likeness (QED) is 0.741. The molecule has 28 heavy (non-hydrogen) atoms. The summed E-state index contributed by atoms with van der Waals surface area (Å²) in [5, 5.41) is 13.5. The molecule has 3 aromatic rings. The van der Waals surface area contributed by atoms with E-state index in [0.717, 1.165) is 31.9 Å². The zero-order chi connectivity index (χ0) is 19.7. The fraction of sp³-hybridized carbons (Fsp3) is 0.333. The molecule has 1 saturated heterocycles. The largest absolute Gasteiger partial charge is 0.508 e. The number of nitrogens with zero attached hydrogens (tertiary/aromatic N) is 4. The second kappa shape index (κ2) is 7.59. The lowest BCUT2D eigenvalue weighted by molar-refractivity contribution is 0.164. The molecule has 0 amide bonds. The monoisotopic (exact) mass is 382 g/mol. The Labute approximate surface area is 163 Å². The lowest BCUT2D eigenvalue weighted by Gasteiger charge is -2.38. The molecule has 6 nitrogen and oxygen atoms in total. The van der Waals surface area contributed by atoms with E-state index in [1.165, 1.54) is 6.07 Å². The number of anilines is 1. The number of aryl methyl sites for hydroxylation is 1. The predicted octanol–water partition coefficient (Wildman–Crippen LogP) is 3.77. The number of piperazine rings is 1. The van der Waals surface area contributed by atoms with Crippen molar-refractivity contribution in [2.24, 2.45) is 0 Å². The van der Waals surface area contributed by atoms with E-state index >= 15 is 0 Å². The molecular weight excluding hydrogens is 359 g/mol. The number of hydrogen-bond donors (Lipinski definition) is 1. The summed E-state index contributed by atoms with van der Waals surface area (Å²) >= 11 is 0. The zero-order valence-electron chi connectivity index (χ0n) is 16.0. The van der Waals surface area contributed by atoms with Crippen molar-refractivity contribution in [1.82, 2.24) is 15.0 Å². The molecule has 2 heterocycles. The van der Waals surface area contributed by atoms with Crippen molar-refractivity contribution in [2.75, 3.05) is 31.1 Å². The highest BCUT2D eigenvalue weighted by atomic mass is 19.1. The van der Waals surface area contributed by atoms with E-state index in [1.54, 1.807) is 31.2 Å². The Morgan fingerprint density at radius 2 is 1.79 bits per heavy atom. The summed E-state index contributed by atoms with van der Waals surface area (Å²) in [6, 6.07) is 12.2. The molecule has 1 aliphatic rings. The van der Waals surface area contributed by atoms with Gasteiger partial charge in [0.15, 0.2) is 0 Å². The lowest BCUT2D eigenvalue weighted by Crippen LogP contribution is -2.47. The van der Waals surface area contributed by atoms with E-state index in [0.29, 0.717) is 22.8 Å². The van der Waals surface area contributed by atoms with Crippen molar-refractivity contribution in [2.45, 2.75) is 19.9 Å². The predicted molar refractivity (Wildman–Crippen MR) is 105 cm³/mol. The molecule has 0 saturated carbocycles. The second-order valence-corrected chi connectivity index (χ2v) is 7.14. The van der Waals surface area contributed by atoms with Crippen LogP contribution in [0.1, 0.15) is 24.4 Å². The molecule has 0 spiro atoms. The number of aromatic hydroxyl groups is 1. The summed E-state index contributed by atoms with van der Waals surface area (Å²) < 4.78 is 19.3. The standard InChI is InChI=1S/C21H23FN4O2/c1-14-3-4-16(13-19(14)22)20-23-21(28-24-20)15(2)25-9-11-26(12-10-25)17-5-7-18(27)8-6-17/h3-8,13,15,27H,9-12H2,1-2H3/t15-/m1/s1. The van der Waals surface area contributed by atoms with Gasteiger partial charge in [0.25, 0.3) is 0 Å². The first-order valence-electron chi connectivity index (χ1n) is 9.39. The Morgan fingerprint density at radius 3 is 2.46 bits per heavy atom. The maximum Gasteiger partial charge on any atom is 0.244 e. The number of phenols is 1. The fourth-order valence-corrected chi connectivity index (χ4v) is 3.44. The minimum atomic E-state index is -0.276. The van der Waals surface area contributed by atoms with Gasteiger partial charge in [0.2, 0.25) is 11.7 Å². The Bertz CT molecular complexity index is 949. The minimum absolute atomic E-state index is 0.0153. The maximum absolute atomic E-state index is 13.8. The van der Waals surface area contributed by atoms with Gasteiger partial charge in [-0.1, -0.05) is 17.3 Å². The summed E-state index contributed by atoms with van der Waals surface area (Å²) in [6.07, 6.45) is 0. The molecule has 1 aliphatic heterocycles.